The van der Waals surface area contributed by atoms with E-state index in [1.807, 2.05) is 11.8 Å². The zero-order chi connectivity index (χ0) is 18.6. The number of fused-ring (bicyclic) bond motifs is 2. The highest BCUT2D eigenvalue weighted by Gasteiger charge is 2.26. The van der Waals surface area contributed by atoms with Crippen LogP contribution in [0, 0.1) is 5.82 Å². The van der Waals surface area contributed by atoms with Crippen molar-refractivity contribution in [2.75, 3.05) is 18.0 Å². The maximum absolute atomic E-state index is 14.5. The number of carboxylic acids is 1. The number of pyridine rings is 2. The second kappa shape index (κ2) is 6.60. The molecule has 27 heavy (non-hydrogen) atoms. The van der Waals surface area contributed by atoms with Crippen LogP contribution in [0.25, 0.3) is 21.9 Å². The first-order valence-corrected chi connectivity index (χ1v) is 8.30. The van der Waals surface area contributed by atoms with Crippen LogP contribution < -0.4 is 16.1 Å². The van der Waals surface area contributed by atoms with Crippen molar-refractivity contribution in [2.45, 2.75) is 19.5 Å². The summed E-state index contributed by atoms with van der Waals surface area (Å²) < 4.78 is 16.1. The fourth-order valence-corrected chi connectivity index (χ4v) is 3.32. The van der Waals surface area contributed by atoms with Crippen LogP contribution in [0.4, 0.5) is 10.1 Å². The van der Waals surface area contributed by atoms with Crippen LogP contribution in [-0.4, -0.2) is 45.2 Å². The second-order valence-electron chi connectivity index (χ2n) is 6.48. The Morgan fingerprint density at radius 1 is 1.37 bits per heavy atom. The number of carboxylic acid groups (broad SMARTS) is 1. The van der Waals surface area contributed by atoms with Gasteiger partial charge in [-0.25, -0.2) is 14.2 Å². The number of nitrogens with two attached hydrogens (primary N) is 1. The average Bonchev–Trinajstić information content (AvgIpc) is 2.57. The van der Waals surface area contributed by atoms with Crippen molar-refractivity contribution in [1.82, 2.24) is 9.55 Å². The molecule has 4 rings (SSSR count). The Morgan fingerprint density at radius 3 is 2.67 bits per heavy atom. The molecule has 0 spiro atoms. The summed E-state index contributed by atoms with van der Waals surface area (Å²) in [6.45, 7) is 3.44. The normalized spacial score (nSPS) is 14.3. The molecule has 1 aliphatic rings. The molecule has 1 aromatic carbocycles. The van der Waals surface area contributed by atoms with Gasteiger partial charge in [0, 0.05) is 37.3 Å². The molecular formula is C18H19FN4O4. The average molecular weight is 374 g/mol. The van der Waals surface area contributed by atoms with Gasteiger partial charge in [-0.3, -0.25) is 4.79 Å². The maximum atomic E-state index is 14.5. The number of aromatic carboxylic acids is 1. The lowest BCUT2D eigenvalue weighted by molar-refractivity contribution is 0.0695. The summed E-state index contributed by atoms with van der Waals surface area (Å²) in [6.07, 6.45) is 1.30. The Kier molecular flexibility index (Phi) is 4.58. The minimum Gasteiger partial charge on any atom is -0.477 e. The molecule has 3 heterocycles. The Balaban J connectivity index is 0.00000210. The van der Waals surface area contributed by atoms with E-state index in [2.05, 4.69) is 4.98 Å². The van der Waals surface area contributed by atoms with Gasteiger partial charge < -0.3 is 25.8 Å². The third kappa shape index (κ3) is 2.90. The van der Waals surface area contributed by atoms with Gasteiger partial charge in [0.05, 0.1) is 16.6 Å². The third-order valence-electron chi connectivity index (χ3n) is 4.73. The van der Waals surface area contributed by atoms with Gasteiger partial charge in [0.25, 0.3) is 0 Å². The van der Waals surface area contributed by atoms with Crippen molar-refractivity contribution in [3.63, 3.8) is 0 Å². The van der Waals surface area contributed by atoms with E-state index in [0.717, 1.165) is 0 Å². The molecule has 9 heteroatoms. The third-order valence-corrected chi connectivity index (χ3v) is 4.73. The highest BCUT2D eigenvalue weighted by molar-refractivity contribution is 5.96. The maximum Gasteiger partial charge on any atom is 0.341 e. The molecule has 2 aromatic heterocycles. The van der Waals surface area contributed by atoms with E-state index in [-0.39, 0.29) is 22.5 Å². The first-order valence-electron chi connectivity index (χ1n) is 8.30. The lowest BCUT2D eigenvalue weighted by atomic mass is 10.1. The smallest absolute Gasteiger partial charge is 0.341 e. The minimum atomic E-state index is -1.30. The molecule has 0 radical (unpaired) electrons. The largest absolute Gasteiger partial charge is 0.477 e. The van der Waals surface area contributed by atoms with Crippen LogP contribution in [0.5, 0.6) is 0 Å². The van der Waals surface area contributed by atoms with E-state index in [9.17, 15) is 19.1 Å². The number of aryl methyl sites for hydroxylation is 1. The van der Waals surface area contributed by atoms with Crippen LogP contribution in [0.3, 0.4) is 0 Å². The number of anilines is 1. The van der Waals surface area contributed by atoms with Gasteiger partial charge in [0.15, 0.2) is 0 Å². The fourth-order valence-electron chi connectivity index (χ4n) is 3.32. The second-order valence-corrected chi connectivity index (χ2v) is 6.48. The van der Waals surface area contributed by atoms with Crippen LogP contribution in [0.2, 0.25) is 0 Å². The van der Waals surface area contributed by atoms with Crippen molar-refractivity contribution in [3.8, 4) is 0 Å². The van der Waals surface area contributed by atoms with Gasteiger partial charge in [-0.05, 0) is 25.1 Å². The van der Waals surface area contributed by atoms with Gasteiger partial charge in [-0.15, -0.1) is 0 Å². The molecule has 0 aliphatic carbocycles. The van der Waals surface area contributed by atoms with E-state index in [0.29, 0.717) is 41.9 Å². The van der Waals surface area contributed by atoms with Gasteiger partial charge in [-0.1, -0.05) is 0 Å². The van der Waals surface area contributed by atoms with E-state index < -0.39 is 17.2 Å². The molecule has 0 bridgehead atoms. The molecule has 0 amide bonds. The van der Waals surface area contributed by atoms with Crippen molar-refractivity contribution in [1.29, 1.82) is 0 Å². The number of hydrogen-bond donors (Lipinski definition) is 2. The van der Waals surface area contributed by atoms with Gasteiger partial charge in [0.2, 0.25) is 5.43 Å². The van der Waals surface area contributed by atoms with Crippen LogP contribution >= 0.6 is 0 Å². The quantitative estimate of drug-likeness (QED) is 0.649. The number of halogens is 1. The Morgan fingerprint density at radius 2 is 2.07 bits per heavy atom. The van der Waals surface area contributed by atoms with Gasteiger partial charge in [-0.2, -0.15) is 0 Å². The molecule has 1 aliphatic heterocycles. The zero-order valence-electron chi connectivity index (χ0n) is 14.6. The molecule has 0 unspecified atom stereocenters. The summed E-state index contributed by atoms with van der Waals surface area (Å²) in [6, 6.07) is 4.51. The number of nitrogens with zero attached hydrogens (tertiary/aromatic N) is 3. The lowest BCUT2D eigenvalue weighted by Crippen LogP contribution is -2.56. The Labute approximate surface area is 152 Å². The first kappa shape index (κ1) is 18.7. The van der Waals surface area contributed by atoms with E-state index in [4.69, 9.17) is 5.73 Å². The summed E-state index contributed by atoms with van der Waals surface area (Å²) in [5.41, 5.74) is 6.18. The summed E-state index contributed by atoms with van der Waals surface area (Å²) >= 11 is 0. The zero-order valence-corrected chi connectivity index (χ0v) is 14.6. The predicted octanol–water partition coefficient (Wildman–Crippen LogP) is 0.730. The summed E-state index contributed by atoms with van der Waals surface area (Å²) in [7, 11) is 0. The van der Waals surface area contributed by atoms with Crippen molar-refractivity contribution in [2.24, 2.45) is 5.73 Å². The monoisotopic (exact) mass is 374 g/mol. The van der Waals surface area contributed by atoms with Gasteiger partial charge >= 0.3 is 5.97 Å². The lowest BCUT2D eigenvalue weighted by Gasteiger charge is -2.39. The molecule has 1 fully saturated rings. The molecular weight excluding hydrogens is 355 g/mol. The predicted molar refractivity (Wildman–Crippen MR) is 99.9 cm³/mol. The number of rotatable bonds is 3. The number of carbonyl (C=O) groups is 1. The SMILES string of the molecule is CCn1cc(C(=O)O)c(=O)c2cc3cc(F)c(N4CC(N)C4)cc3nc21.O. The Hall–Kier alpha value is -3.04. The topological polar surface area (TPSA) is 133 Å². The fraction of sp³-hybridized carbons (Fsp3) is 0.278. The number of benzene rings is 1. The summed E-state index contributed by atoms with van der Waals surface area (Å²) in [4.78, 5) is 30.2. The van der Waals surface area contributed by atoms with Crippen LogP contribution in [-0.2, 0) is 6.54 Å². The van der Waals surface area contributed by atoms with Crippen LogP contribution in [0.15, 0.2) is 29.2 Å². The van der Waals surface area contributed by atoms with Crippen molar-refractivity contribution < 1.29 is 19.8 Å². The highest BCUT2D eigenvalue weighted by Crippen LogP contribution is 2.29. The molecule has 0 saturated carbocycles. The molecule has 3 aromatic rings. The first-order chi connectivity index (χ1) is 12.4. The van der Waals surface area contributed by atoms with Crippen molar-refractivity contribution >= 4 is 33.6 Å². The molecule has 8 nitrogen and oxygen atoms in total. The summed E-state index contributed by atoms with van der Waals surface area (Å²) in [5.74, 6) is -1.72. The molecule has 0 atom stereocenters. The number of hydrogen-bond acceptors (Lipinski definition) is 5. The summed E-state index contributed by atoms with van der Waals surface area (Å²) in [5, 5.41) is 9.86. The van der Waals surface area contributed by atoms with Gasteiger partial charge in [0.1, 0.15) is 17.0 Å². The van der Waals surface area contributed by atoms with E-state index in [1.54, 1.807) is 10.6 Å². The number of aromatic nitrogens is 2. The molecule has 5 N–H and O–H groups in total. The molecule has 1 saturated heterocycles. The van der Waals surface area contributed by atoms with Crippen LogP contribution in [0.1, 0.15) is 17.3 Å². The van der Waals surface area contributed by atoms with E-state index >= 15 is 0 Å². The minimum absolute atomic E-state index is 0. The van der Waals surface area contributed by atoms with Crippen molar-refractivity contribution in [3.05, 3.63) is 46.0 Å². The Bertz CT molecular complexity index is 1120. The molecule has 142 valence electrons. The van der Waals surface area contributed by atoms with E-state index in [1.165, 1.54) is 18.3 Å². The highest BCUT2D eigenvalue weighted by atomic mass is 19.1. The standard InChI is InChI=1S/C18H17FN4O3.H2O/c1-2-22-8-12(18(25)26)16(24)11-3-9-4-13(19)15(23-6-10(20)7-23)5-14(9)21-17(11)22;/h3-5,8,10H,2,6-7,20H2,1H3,(H,25,26);1H2.